The van der Waals surface area contributed by atoms with Gasteiger partial charge in [-0.05, 0) is 53.6 Å². The molecule has 0 radical (unpaired) electrons. The number of hydrogen-bond acceptors (Lipinski definition) is 2. The molecule has 102 valence electrons. The molecule has 2 rings (SSSR count). The molecule has 0 aliphatic heterocycles. The third-order valence-electron chi connectivity index (χ3n) is 2.73. The molecule has 0 atom stereocenters. The van der Waals surface area contributed by atoms with Gasteiger partial charge in [-0.1, -0.05) is 11.6 Å². The Morgan fingerprint density at radius 3 is 2.68 bits per heavy atom. The van der Waals surface area contributed by atoms with E-state index in [2.05, 4.69) is 27.9 Å². The summed E-state index contributed by atoms with van der Waals surface area (Å²) in [5.41, 5.74) is 0.631. The minimum absolute atomic E-state index is 0.0426. The molecule has 0 heterocycles. The van der Waals surface area contributed by atoms with Crippen molar-refractivity contribution in [1.29, 1.82) is 0 Å². The lowest BCUT2D eigenvalue weighted by atomic mass is 10.3. The molecule has 1 aromatic carbocycles. The topological polar surface area (TPSA) is 69.6 Å². The van der Waals surface area contributed by atoms with Crippen LogP contribution < -0.4 is 5.32 Å². The molecule has 1 aliphatic rings. The standard InChI is InChI=1S/C12H12ClIN2O3/c13-7-1-4-10(9(14)5-7)15-12(19)16(6-11(17)18)8-2-3-8/h1,4-5,8H,2-3,6H2,(H,15,19)(H,17,18). The third kappa shape index (κ3) is 3.97. The zero-order valence-corrected chi connectivity index (χ0v) is 12.8. The highest BCUT2D eigenvalue weighted by molar-refractivity contribution is 14.1. The zero-order valence-electron chi connectivity index (χ0n) is 9.90. The van der Waals surface area contributed by atoms with Gasteiger partial charge in [-0.25, -0.2) is 4.79 Å². The first kappa shape index (κ1) is 14.4. The van der Waals surface area contributed by atoms with Crippen LogP contribution in [0.3, 0.4) is 0 Å². The number of urea groups is 1. The van der Waals surface area contributed by atoms with Crippen LogP contribution in [0.4, 0.5) is 10.5 Å². The van der Waals surface area contributed by atoms with Crippen molar-refractivity contribution in [3.8, 4) is 0 Å². The van der Waals surface area contributed by atoms with E-state index in [4.69, 9.17) is 16.7 Å². The largest absolute Gasteiger partial charge is 0.480 e. The molecular formula is C12H12ClIN2O3. The summed E-state index contributed by atoms with van der Waals surface area (Å²) in [4.78, 5) is 24.2. The van der Waals surface area contributed by atoms with Crippen LogP contribution in [0.5, 0.6) is 0 Å². The fourth-order valence-electron chi connectivity index (χ4n) is 1.68. The lowest BCUT2D eigenvalue weighted by molar-refractivity contribution is -0.137. The maximum atomic E-state index is 12.1. The van der Waals surface area contributed by atoms with Gasteiger partial charge in [0.15, 0.2) is 0 Å². The van der Waals surface area contributed by atoms with Gasteiger partial charge >= 0.3 is 12.0 Å². The Kier molecular flexibility index (Phi) is 4.51. The van der Waals surface area contributed by atoms with Crippen LogP contribution in [0.1, 0.15) is 12.8 Å². The first-order valence-electron chi connectivity index (χ1n) is 5.72. The summed E-state index contributed by atoms with van der Waals surface area (Å²) in [5, 5.41) is 12.1. The lowest BCUT2D eigenvalue weighted by Gasteiger charge is -2.21. The van der Waals surface area contributed by atoms with Crippen LogP contribution in [0, 0.1) is 3.57 Å². The highest BCUT2D eigenvalue weighted by atomic mass is 127. The number of carbonyl (C=O) groups excluding carboxylic acids is 1. The number of benzene rings is 1. The Bertz CT molecular complexity index is 520. The van der Waals surface area contributed by atoms with Crippen molar-refractivity contribution in [2.45, 2.75) is 18.9 Å². The van der Waals surface area contributed by atoms with Crippen molar-refractivity contribution in [2.75, 3.05) is 11.9 Å². The predicted molar refractivity (Wildman–Crippen MR) is 80.6 cm³/mol. The van der Waals surface area contributed by atoms with Gasteiger partial charge in [0.2, 0.25) is 0 Å². The molecule has 7 heteroatoms. The molecule has 0 unspecified atom stereocenters. The van der Waals surface area contributed by atoms with Crippen LogP contribution in [0.15, 0.2) is 18.2 Å². The molecule has 19 heavy (non-hydrogen) atoms. The van der Waals surface area contributed by atoms with Crippen molar-refractivity contribution in [2.24, 2.45) is 0 Å². The Morgan fingerprint density at radius 1 is 1.47 bits per heavy atom. The van der Waals surface area contributed by atoms with Crippen molar-refractivity contribution < 1.29 is 14.7 Å². The van der Waals surface area contributed by atoms with Gasteiger partial charge in [-0.3, -0.25) is 4.79 Å². The van der Waals surface area contributed by atoms with Crippen molar-refractivity contribution in [3.05, 3.63) is 26.8 Å². The number of aliphatic carboxylic acids is 1. The number of hydrogen-bond donors (Lipinski definition) is 2. The molecular weight excluding hydrogens is 383 g/mol. The fourth-order valence-corrected chi connectivity index (χ4v) is 2.68. The molecule has 1 aliphatic carbocycles. The van der Waals surface area contributed by atoms with Crippen LogP contribution in [-0.2, 0) is 4.79 Å². The molecule has 5 nitrogen and oxygen atoms in total. The second kappa shape index (κ2) is 5.96. The van der Waals surface area contributed by atoms with Crippen LogP contribution in [0.2, 0.25) is 5.02 Å². The fraction of sp³-hybridized carbons (Fsp3) is 0.333. The number of carbonyl (C=O) groups is 2. The van der Waals surface area contributed by atoms with Crippen LogP contribution in [0.25, 0.3) is 0 Å². The summed E-state index contributed by atoms with van der Waals surface area (Å²) >= 11 is 7.91. The van der Waals surface area contributed by atoms with Crippen LogP contribution >= 0.6 is 34.2 Å². The second-order valence-corrected chi connectivity index (χ2v) is 5.91. The third-order valence-corrected chi connectivity index (χ3v) is 3.85. The first-order chi connectivity index (χ1) is 8.97. The maximum absolute atomic E-state index is 12.1. The second-order valence-electron chi connectivity index (χ2n) is 4.31. The number of carboxylic acid groups (broad SMARTS) is 1. The molecule has 2 N–H and O–H groups in total. The van der Waals surface area contributed by atoms with E-state index in [1.54, 1.807) is 18.2 Å². The quantitative estimate of drug-likeness (QED) is 0.771. The van der Waals surface area contributed by atoms with Crippen molar-refractivity contribution in [3.63, 3.8) is 0 Å². The highest BCUT2D eigenvalue weighted by Gasteiger charge is 2.34. The smallest absolute Gasteiger partial charge is 0.323 e. The summed E-state index contributed by atoms with van der Waals surface area (Å²) in [7, 11) is 0. The van der Waals surface area contributed by atoms with Gasteiger partial charge in [0.1, 0.15) is 6.54 Å². The van der Waals surface area contributed by atoms with Crippen molar-refractivity contribution in [1.82, 2.24) is 4.90 Å². The number of halogens is 2. The summed E-state index contributed by atoms with van der Waals surface area (Å²) in [6.07, 6.45) is 1.72. The number of nitrogens with one attached hydrogen (secondary N) is 1. The van der Waals surface area contributed by atoms with E-state index in [-0.39, 0.29) is 18.6 Å². The summed E-state index contributed by atoms with van der Waals surface area (Å²) in [5.74, 6) is -1.01. The van der Waals surface area contributed by atoms with Crippen LogP contribution in [-0.4, -0.2) is 34.6 Å². The number of anilines is 1. The average molecular weight is 395 g/mol. The van der Waals surface area contributed by atoms with Gasteiger partial charge in [0, 0.05) is 14.6 Å². The van der Waals surface area contributed by atoms with E-state index in [0.717, 1.165) is 16.4 Å². The molecule has 1 aromatic rings. The number of carboxylic acids is 1. The van der Waals surface area contributed by atoms with Gasteiger partial charge in [0.25, 0.3) is 0 Å². The van der Waals surface area contributed by atoms with Gasteiger partial charge in [-0.15, -0.1) is 0 Å². The van der Waals surface area contributed by atoms with E-state index in [1.165, 1.54) is 4.90 Å². The molecule has 0 saturated heterocycles. The average Bonchev–Trinajstić information content (AvgIpc) is 3.13. The number of rotatable bonds is 4. The Morgan fingerprint density at radius 2 is 2.16 bits per heavy atom. The Balaban J connectivity index is 2.07. The SMILES string of the molecule is O=C(O)CN(C(=O)Nc1ccc(Cl)cc1I)C1CC1. The van der Waals surface area contributed by atoms with Gasteiger partial charge in [-0.2, -0.15) is 0 Å². The first-order valence-corrected chi connectivity index (χ1v) is 7.17. The number of nitrogens with zero attached hydrogens (tertiary/aromatic N) is 1. The molecule has 2 amide bonds. The van der Waals surface area contributed by atoms with E-state index >= 15 is 0 Å². The molecule has 1 fully saturated rings. The van der Waals surface area contributed by atoms with E-state index in [1.807, 2.05) is 0 Å². The maximum Gasteiger partial charge on any atom is 0.323 e. The molecule has 0 bridgehead atoms. The molecule has 0 spiro atoms. The Hall–Kier alpha value is -1.02. The monoisotopic (exact) mass is 394 g/mol. The normalized spacial score (nSPS) is 14.0. The molecule has 1 saturated carbocycles. The van der Waals surface area contributed by atoms with Crippen molar-refractivity contribution >= 4 is 51.9 Å². The van der Waals surface area contributed by atoms with E-state index < -0.39 is 5.97 Å². The molecule has 0 aromatic heterocycles. The lowest BCUT2D eigenvalue weighted by Crippen LogP contribution is -2.40. The summed E-state index contributed by atoms with van der Waals surface area (Å²) in [6.45, 7) is -0.277. The highest BCUT2D eigenvalue weighted by Crippen LogP contribution is 2.28. The predicted octanol–water partition coefficient (Wildman–Crippen LogP) is 3.03. The van der Waals surface area contributed by atoms with Gasteiger partial charge < -0.3 is 15.3 Å². The van der Waals surface area contributed by atoms with E-state index in [0.29, 0.717) is 10.7 Å². The summed E-state index contributed by atoms with van der Waals surface area (Å²) < 4.78 is 0.810. The zero-order chi connectivity index (χ0) is 14.0. The Labute approximate surface area is 129 Å². The minimum Gasteiger partial charge on any atom is -0.480 e. The van der Waals surface area contributed by atoms with E-state index in [9.17, 15) is 9.59 Å². The van der Waals surface area contributed by atoms with Gasteiger partial charge in [0.05, 0.1) is 5.69 Å². The summed E-state index contributed by atoms with van der Waals surface area (Å²) in [6, 6.07) is 4.77. The number of amides is 2. The minimum atomic E-state index is -1.01.